The average Bonchev–Trinajstić information content (AvgIpc) is 3.53. The fourth-order valence-electron chi connectivity index (χ4n) is 5.52. The summed E-state index contributed by atoms with van der Waals surface area (Å²) in [6.45, 7) is 2.33. The molecule has 0 atom stereocenters. The first-order valence-electron chi connectivity index (χ1n) is 16.3. The van der Waals surface area contributed by atoms with Crippen molar-refractivity contribution in [2.45, 2.75) is 24.8 Å². The first-order chi connectivity index (χ1) is 25.5. The number of thiophene rings is 1. The highest BCUT2D eigenvalue weighted by atomic mass is 32.2. The molecule has 4 aromatic rings. The first-order valence-corrected chi connectivity index (χ1v) is 18.1. The zero-order chi connectivity index (χ0) is 38.1. The van der Waals surface area contributed by atoms with Crippen LogP contribution in [0.2, 0.25) is 0 Å². The first kappa shape index (κ1) is 38.4. The molecule has 0 unspecified atom stereocenters. The molecule has 4 amide bonds. The smallest absolute Gasteiger partial charge is 0.341 e. The zero-order valence-corrected chi connectivity index (χ0v) is 31.3. The van der Waals surface area contributed by atoms with Crippen molar-refractivity contribution < 1.29 is 42.9 Å². The molecule has 0 spiro atoms. The van der Waals surface area contributed by atoms with E-state index in [1.54, 1.807) is 71.6 Å². The Bertz CT molecular complexity index is 2060. The Kier molecular flexibility index (Phi) is 12.8. The minimum absolute atomic E-state index is 0.00245. The molecule has 0 saturated carbocycles. The van der Waals surface area contributed by atoms with Crippen molar-refractivity contribution in [3.8, 4) is 17.2 Å². The van der Waals surface area contributed by atoms with E-state index in [2.05, 4.69) is 16.0 Å². The van der Waals surface area contributed by atoms with Gasteiger partial charge in [-0.15, -0.1) is 23.1 Å². The number of benzene rings is 3. The molecule has 276 valence electrons. The number of anilines is 2. The van der Waals surface area contributed by atoms with Crippen LogP contribution in [0.1, 0.15) is 43.6 Å². The fraction of sp³-hybridized carbons (Fsp3) is 0.237. The second-order valence-electron chi connectivity index (χ2n) is 11.5. The van der Waals surface area contributed by atoms with E-state index >= 15 is 0 Å². The Hall–Kier alpha value is -5.80. The summed E-state index contributed by atoms with van der Waals surface area (Å²) in [5, 5.41) is 8.77. The molecule has 1 aliphatic rings. The second kappa shape index (κ2) is 17.6. The van der Waals surface area contributed by atoms with Crippen LogP contribution in [-0.4, -0.2) is 75.2 Å². The van der Waals surface area contributed by atoms with Crippen LogP contribution in [0.15, 0.2) is 77.3 Å². The van der Waals surface area contributed by atoms with E-state index < -0.39 is 17.8 Å². The highest BCUT2D eigenvalue weighted by Crippen LogP contribution is 2.38. The maximum atomic E-state index is 13.8. The minimum Gasteiger partial charge on any atom is -0.496 e. The van der Waals surface area contributed by atoms with Crippen molar-refractivity contribution in [3.05, 3.63) is 99.6 Å². The number of hydrogen-bond acceptors (Lipinski definition) is 11. The summed E-state index contributed by atoms with van der Waals surface area (Å²) < 4.78 is 21.4. The normalized spacial score (nSPS) is 12.2. The molecule has 0 aliphatic carbocycles. The number of hydrogen-bond donors (Lipinski definition) is 3. The molecule has 2 heterocycles. The van der Waals surface area contributed by atoms with Crippen molar-refractivity contribution in [1.29, 1.82) is 0 Å². The van der Waals surface area contributed by atoms with Crippen LogP contribution in [0.3, 0.4) is 0 Å². The number of esters is 1. The van der Waals surface area contributed by atoms with Gasteiger partial charge in [-0.1, -0.05) is 24.3 Å². The van der Waals surface area contributed by atoms with E-state index in [-0.39, 0.29) is 23.3 Å². The predicted molar refractivity (Wildman–Crippen MR) is 203 cm³/mol. The van der Waals surface area contributed by atoms with Gasteiger partial charge in [-0.2, -0.15) is 0 Å². The van der Waals surface area contributed by atoms with Gasteiger partial charge in [0, 0.05) is 46.1 Å². The Morgan fingerprint density at radius 2 is 1.58 bits per heavy atom. The standard InChI is InChI=1S/C38H38N4O9S2/c1-22(43)42-15-14-27-32(20-42)53-37(34(27)38(47)51-5)41-33(44)21-52-26-13-9-12-25(18-26)39-36(46)28(40-35(45)23-10-7-6-8-11-23)16-24-17-30(49-3)31(50-4)19-29(24)48-2/h6-13,16-19H,14-15,20-21H2,1-5H3,(H,39,46)(H,40,45)(H,41,44)/b28-16+. The van der Waals surface area contributed by atoms with Crippen molar-refractivity contribution >= 4 is 69.5 Å². The van der Waals surface area contributed by atoms with Crippen molar-refractivity contribution in [3.63, 3.8) is 0 Å². The van der Waals surface area contributed by atoms with E-state index in [1.807, 2.05) is 0 Å². The molecule has 15 heteroatoms. The van der Waals surface area contributed by atoms with Crippen LogP contribution in [0.25, 0.3) is 6.08 Å². The second-order valence-corrected chi connectivity index (χ2v) is 13.7. The lowest BCUT2D eigenvalue weighted by molar-refractivity contribution is -0.129. The monoisotopic (exact) mass is 758 g/mol. The molecular formula is C38H38N4O9S2. The molecule has 53 heavy (non-hydrogen) atoms. The Labute approximate surface area is 314 Å². The van der Waals surface area contributed by atoms with E-state index in [0.29, 0.717) is 69.0 Å². The highest BCUT2D eigenvalue weighted by molar-refractivity contribution is 8.00. The largest absolute Gasteiger partial charge is 0.496 e. The summed E-state index contributed by atoms with van der Waals surface area (Å²) in [6.07, 6.45) is 1.95. The van der Waals surface area contributed by atoms with Crippen LogP contribution >= 0.6 is 23.1 Å². The number of fused-ring (bicyclic) bond motifs is 1. The van der Waals surface area contributed by atoms with Crippen LogP contribution in [0.5, 0.6) is 17.2 Å². The Balaban J connectivity index is 1.32. The maximum absolute atomic E-state index is 13.8. The van der Waals surface area contributed by atoms with Gasteiger partial charge >= 0.3 is 5.97 Å². The molecule has 0 bridgehead atoms. The van der Waals surface area contributed by atoms with Gasteiger partial charge in [0.1, 0.15) is 16.4 Å². The van der Waals surface area contributed by atoms with E-state index in [9.17, 15) is 24.0 Å². The molecule has 0 radical (unpaired) electrons. The van der Waals surface area contributed by atoms with Gasteiger partial charge in [-0.3, -0.25) is 19.2 Å². The number of methoxy groups -OCH3 is 4. The summed E-state index contributed by atoms with van der Waals surface area (Å²) in [5.41, 5.74) is 2.22. The number of carbonyl (C=O) groups is 5. The van der Waals surface area contributed by atoms with E-state index in [0.717, 1.165) is 10.4 Å². The third-order valence-corrected chi connectivity index (χ3v) is 10.3. The lowest BCUT2D eigenvalue weighted by Crippen LogP contribution is -2.33. The van der Waals surface area contributed by atoms with Gasteiger partial charge in [0.25, 0.3) is 11.8 Å². The third kappa shape index (κ3) is 9.36. The number of nitrogens with zero attached hydrogens (tertiary/aromatic N) is 1. The van der Waals surface area contributed by atoms with Gasteiger partial charge in [-0.25, -0.2) is 4.79 Å². The lowest BCUT2D eigenvalue weighted by Gasteiger charge is -2.25. The third-order valence-electron chi connectivity index (χ3n) is 8.17. The van der Waals surface area contributed by atoms with Crippen molar-refractivity contribution in [1.82, 2.24) is 10.2 Å². The average molecular weight is 759 g/mol. The molecule has 1 aromatic heterocycles. The summed E-state index contributed by atoms with van der Waals surface area (Å²) in [6, 6.07) is 18.6. The molecule has 0 saturated heterocycles. The number of rotatable bonds is 13. The minimum atomic E-state index is -0.619. The SMILES string of the molecule is COC(=O)c1c(NC(=O)CSc2cccc(NC(=O)/C(=C\c3cc(OC)c(OC)cc3OC)NC(=O)c3ccccc3)c2)sc2c1CCN(C(C)=O)C2. The number of thioether (sulfide) groups is 1. The quantitative estimate of drug-likeness (QED) is 0.0889. The fourth-order valence-corrected chi connectivity index (χ4v) is 7.54. The molecular weight excluding hydrogens is 721 g/mol. The molecule has 1 aliphatic heterocycles. The topological polar surface area (TPSA) is 162 Å². The zero-order valence-electron chi connectivity index (χ0n) is 29.7. The molecule has 0 fully saturated rings. The number of ether oxygens (including phenoxy) is 4. The van der Waals surface area contributed by atoms with Crippen LogP contribution in [-0.2, 0) is 32.1 Å². The van der Waals surface area contributed by atoms with Gasteiger partial charge in [-0.05, 0) is 54.5 Å². The van der Waals surface area contributed by atoms with Crippen molar-refractivity contribution in [2.75, 3.05) is 51.4 Å². The summed E-state index contributed by atoms with van der Waals surface area (Å²) in [4.78, 5) is 68.0. The van der Waals surface area contributed by atoms with Gasteiger partial charge < -0.3 is 39.8 Å². The molecule has 5 rings (SSSR count). The Morgan fingerprint density at radius 3 is 2.26 bits per heavy atom. The molecule has 3 aromatic carbocycles. The predicted octanol–water partition coefficient (Wildman–Crippen LogP) is 5.61. The summed E-state index contributed by atoms with van der Waals surface area (Å²) >= 11 is 2.48. The van der Waals surface area contributed by atoms with Crippen LogP contribution in [0.4, 0.5) is 10.7 Å². The number of amides is 4. The van der Waals surface area contributed by atoms with Crippen LogP contribution in [0, 0.1) is 0 Å². The number of carbonyl (C=O) groups excluding carboxylic acids is 5. The van der Waals surface area contributed by atoms with E-state index in [4.69, 9.17) is 18.9 Å². The van der Waals surface area contributed by atoms with Crippen LogP contribution < -0.4 is 30.2 Å². The lowest BCUT2D eigenvalue weighted by atomic mass is 10.0. The maximum Gasteiger partial charge on any atom is 0.341 e. The summed E-state index contributed by atoms with van der Waals surface area (Å²) in [5.74, 6) is -0.906. The van der Waals surface area contributed by atoms with Crippen molar-refractivity contribution in [2.24, 2.45) is 0 Å². The van der Waals surface area contributed by atoms with Gasteiger partial charge in [0.15, 0.2) is 11.5 Å². The van der Waals surface area contributed by atoms with Gasteiger partial charge in [0.2, 0.25) is 11.8 Å². The summed E-state index contributed by atoms with van der Waals surface area (Å²) in [7, 11) is 5.73. The Morgan fingerprint density at radius 1 is 0.868 bits per heavy atom. The molecule has 3 N–H and O–H groups in total. The van der Waals surface area contributed by atoms with E-state index in [1.165, 1.54) is 64.5 Å². The number of nitrogens with one attached hydrogen (secondary N) is 3. The van der Waals surface area contributed by atoms with Gasteiger partial charge in [0.05, 0.1) is 46.3 Å². The molecule has 13 nitrogen and oxygen atoms in total. The highest BCUT2D eigenvalue weighted by Gasteiger charge is 2.30.